The van der Waals surface area contributed by atoms with Crippen molar-refractivity contribution in [2.24, 2.45) is 0 Å². The first-order chi connectivity index (χ1) is 12.0. The van der Waals surface area contributed by atoms with Crippen LogP contribution in [0.5, 0.6) is 0 Å². The number of nitrogens with zero attached hydrogens (tertiary/aromatic N) is 5. The zero-order chi connectivity index (χ0) is 18.4. The minimum absolute atomic E-state index is 0.0298. The van der Waals surface area contributed by atoms with E-state index in [1.165, 1.54) is 0 Å². The maximum absolute atomic E-state index is 12.8. The molecule has 1 saturated heterocycles. The third kappa shape index (κ3) is 4.90. The van der Waals surface area contributed by atoms with Gasteiger partial charge in [0.05, 0.1) is 0 Å². The summed E-state index contributed by atoms with van der Waals surface area (Å²) in [7, 11) is 0. The highest BCUT2D eigenvalue weighted by Crippen LogP contribution is 2.15. The lowest BCUT2D eigenvalue weighted by Crippen LogP contribution is -2.48. The van der Waals surface area contributed by atoms with Crippen LogP contribution in [0.3, 0.4) is 0 Å². The van der Waals surface area contributed by atoms with Crippen molar-refractivity contribution >= 4 is 17.8 Å². The van der Waals surface area contributed by atoms with Crippen LogP contribution in [0.25, 0.3) is 0 Å². The molecule has 0 saturated carbocycles. The number of piperazine rings is 1. The van der Waals surface area contributed by atoms with Crippen LogP contribution in [0.15, 0.2) is 6.07 Å². The summed E-state index contributed by atoms with van der Waals surface area (Å²) in [6.07, 6.45) is 1.85. The Morgan fingerprint density at radius 2 is 1.68 bits per heavy atom. The van der Waals surface area contributed by atoms with Crippen molar-refractivity contribution in [3.63, 3.8) is 0 Å². The normalized spacial score (nSPS) is 14.6. The van der Waals surface area contributed by atoms with Gasteiger partial charge in [-0.25, -0.2) is 9.97 Å². The number of hydrogen-bond donors (Lipinski definition) is 0. The van der Waals surface area contributed by atoms with E-state index >= 15 is 0 Å². The molecule has 1 aliphatic rings. The summed E-state index contributed by atoms with van der Waals surface area (Å²) in [5.41, 5.74) is 1.24. The van der Waals surface area contributed by atoms with Gasteiger partial charge in [-0.2, -0.15) is 0 Å². The van der Waals surface area contributed by atoms with Gasteiger partial charge in [-0.1, -0.05) is 13.8 Å². The van der Waals surface area contributed by atoms with E-state index in [9.17, 15) is 9.59 Å². The Kier molecular flexibility index (Phi) is 6.73. The van der Waals surface area contributed by atoms with Gasteiger partial charge in [-0.05, 0) is 25.8 Å². The van der Waals surface area contributed by atoms with Crippen LogP contribution in [-0.4, -0.2) is 70.9 Å². The van der Waals surface area contributed by atoms with E-state index in [0.717, 1.165) is 31.6 Å². The second-order valence-electron chi connectivity index (χ2n) is 6.48. The van der Waals surface area contributed by atoms with Gasteiger partial charge in [-0.15, -0.1) is 0 Å². The molecule has 1 fully saturated rings. The van der Waals surface area contributed by atoms with Crippen molar-refractivity contribution in [1.29, 1.82) is 0 Å². The molecule has 2 rings (SSSR count). The molecule has 0 radical (unpaired) electrons. The lowest BCUT2D eigenvalue weighted by atomic mass is 10.2. The lowest BCUT2D eigenvalue weighted by Gasteiger charge is -2.34. The van der Waals surface area contributed by atoms with E-state index < -0.39 is 0 Å². The number of anilines is 1. The molecule has 0 aromatic carbocycles. The number of aromatic nitrogens is 2. The summed E-state index contributed by atoms with van der Waals surface area (Å²) in [4.78, 5) is 39.0. The monoisotopic (exact) mass is 347 g/mol. The molecule has 0 unspecified atom stereocenters. The van der Waals surface area contributed by atoms with Gasteiger partial charge in [0.15, 0.2) is 0 Å². The minimum atomic E-state index is -0.0298. The molecule has 0 spiro atoms. The molecule has 0 atom stereocenters. The Morgan fingerprint density at radius 1 is 1.08 bits per heavy atom. The Bertz CT molecular complexity index is 605. The van der Waals surface area contributed by atoms with Crippen LogP contribution in [0.4, 0.5) is 5.95 Å². The fourth-order valence-corrected chi connectivity index (χ4v) is 3.04. The average molecular weight is 347 g/mol. The van der Waals surface area contributed by atoms with E-state index in [1.807, 2.05) is 21.6 Å². The van der Waals surface area contributed by atoms with Crippen LogP contribution in [0, 0.1) is 6.92 Å². The molecule has 1 aromatic heterocycles. The van der Waals surface area contributed by atoms with E-state index in [2.05, 4.69) is 23.8 Å². The summed E-state index contributed by atoms with van der Waals surface area (Å²) in [6, 6.07) is 1.76. The van der Waals surface area contributed by atoms with Gasteiger partial charge in [-0.3, -0.25) is 9.59 Å². The number of rotatable bonds is 6. The van der Waals surface area contributed by atoms with Crippen molar-refractivity contribution in [1.82, 2.24) is 19.8 Å². The first-order valence-corrected chi connectivity index (χ1v) is 9.11. The Morgan fingerprint density at radius 3 is 2.20 bits per heavy atom. The smallest absolute Gasteiger partial charge is 0.272 e. The molecule has 2 amide bonds. The Hall–Kier alpha value is -2.18. The van der Waals surface area contributed by atoms with Gasteiger partial charge in [0.2, 0.25) is 11.9 Å². The van der Waals surface area contributed by atoms with Crippen molar-refractivity contribution in [3.05, 3.63) is 17.5 Å². The summed E-state index contributed by atoms with van der Waals surface area (Å²) < 4.78 is 0. The molecule has 138 valence electrons. The van der Waals surface area contributed by atoms with E-state index in [1.54, 1.807) is 13.0 Å². The SMILES string of the molecule is CCCN(CCC)C(=O)c1cc(C)nc(N2CCN(C(C)=O)CC2)n1. The van der Waals surface area contributed by atoms with Gasteiger partial charge in [0.1, 0.15) is 5.69 Å². The average Bonchev–Trinajstić information content (AvgIpc) is 2.60. The zero-order valence-corrected chi connectivity index (χ0v) is 15.8. The molecular formula is C18H29N5O2. The van der Waals surface area contributed by atoms with Crippen molar-refractivity contribution < 1.29 is 9.59 Å². The van der Waals surface area contributed by atoms with Gasteiger partial charge < -0.3 is 14.7 Å². The van der Waals surface area contributed by atoms with Gasteiger partial charge in [0.25, 0.3) is 5.91 Å². The molecular weight excluding hydrogens is 318 g/mol. The summed E-state index contributed by atoms with van der Waals surface area (Å²) in [5.74, 6) is 0.646. The number of carbonyl (C=O) groups excluding carboxylic acids is 2. The van der Waals surface area contributed by atoms with Crippen LogP contribution >= 0.6 is 0 Å². The number of hydrogen-bond acceptors (Lipinski definition) is 5. The second-order valence-corrected chi connectivity index (χ2v) is 6.48. The molecule has 0 aliphatic carbocycles. The van der Waals surface area contributed by atoms with E-state index in [4.69, 9.17) is 0 Å². The topological polar surface area (TPSA) is 69.6 Å². The van der Waals surface area contributed by atoms with Crippen LogP contribution in [0.2, 0.25) is 0 Å². The zero-order valence-electron chi connectivity index (χ0n) is 15.8. The van der Waals surface area contributed by atoms with Crippen molar-refractivity contribution in [2.45, 2.75) is 40.5 Å². The number of carbonyl (C=O) groups is 2. The van der Waals surface area contributed by atoms with Crippen LogP contribution in [-0.2, 0) is 4.79 Å². The fourth-order valence-electron chi connectivity index (χ4n) is 3.04. The summed E-state index contributed by atoms with van der Waals surface area (Å²) in [5, 5.41) is 0. The van der Waals surface area contributed by atoms with Gasteiger partial charge >= 0.3 is 0 Å². The van der Waals surface area contributed by atoms with E-state index in [0.29, 0.717) is 37.8 Å². The van der Waals surface area contributed by atoms with E-state index in [-0.39, 0.29) is 11.8 Å². The lowest BCUT2D eigenvalue weighted by molar-refractivity contribution is -0.129. The minimum Gasteiger partial charge on any atom is -0.339 e. The molecule has 0 N–H and O–H groups in total. The number of aryl methyl sites for hydroxylation is 1. The molecule has 7 nitrogen and oxygen atoms in total. The molecule has 1 aliphatic heterocycles. The van der Waals surface area contributed by atoms with Crippen LogP contribution < -0.4 is 4.90 Å². The Balaban J connectivity index is 2.17. The molecule has 7 heteroatoms. The summed E-state index contributed by atoms with van der Waals surface area (Å²) in [6.45, 7) is 11.8. The summed E-state index contributed by atoms with van der Waals surface area (Å²) >= 11 is 0. The highest BCUT2D eigenvalue weighted by Gasteiger charge is 2.23. The third-order valence-corrected chi connectivity index (χ3v) is 4.34. The third-order valence-electron chi connectivity index (χ3n) is 4.34. The Labute approximate surface area is 150 Å². The van der Waals surface area contributed by atoms with Crippen molar-refractivity contribution in [3.8, 4) is 0 Å². The standard InChI is InChI=1S/C18H29N5O2/c1-5-7-22(8-6-2)17(25)16-13-14(3)19-18(20-16)23-11-9-21(10-12-23)15(4)24/h13H,5-12H2,1-4H3. The van der Waals surface area contributed by atoms with Crippen molar-refractivity contribution in [2.75, 3.05) is 44.2 Å². The predicted octanol–water partition coefficient (Wildman–Crippen LogP) is 1.72. The molecule has 0 bridgehead atoms. The largest absolute Gasteiger partial charge is 0.339 e. The fraction of sp³-hybridized carbons (Fsp3) is 0.667. The molecule has 1 aromatic rings. The molecule has 2 heterocycles. The maximum atomic E-state index is 12.8. The molecule has 25 heavy (non-hydrogen) atoms. The first-order valence-electron chi connectivity index (χ1n) is 9.11. The van der Waals surface area contributed by atoms with Gasteiger partial charge in [0, 0.05) is 51.9 Å². The highest BCUT2D eigenvalue weighted by atomic mass is 16.2. The maximum Gasteiger partial charge on any atom is 0.272 e. The van der Waals surface area contributed by atoms with Crippen LogP contribution in [0.1, 0.15) is 49.8 Å². The first kappa shape index (κ1) is 19.1. The predicted molar refractivity (Wildman–Crippen MR) is 97.7 cm³/mol. The quantitative estimate of drug-likeness (QED) is 0.784. The number of amides is 2. The highest BCUT2D eigenvalue weighted by molar-refractivity contribution is 5.92. The second kappa shape index (κ2) is 8.78.